The number of unbranched alkanes of at least 4 members (excludes halogenated alkanes) is 1. The van der Waals surface area contributed by atoms with Crippen molar-refractivity contribution in [3.63, 3.8) is 0 Å². The van der Waals surface area contributed by atoms with Crippen LogP contribution in [0.15, 0.2) is 10.5 Å². The molecule has 3 heteroatoms. The van der Waals surface area contributed by atoms with Gasteiger partial charge in [-0.15, -0.1) is 0 Å². The van der Waals surface area contributed by atoms with Gasteiger partial charge in [-0.1, -0.05) is 0 Å². The lowest BCUT2D eigenvalue weighted by Crippen LogP contribution is -2.20. The van der Waals surface area contributed by atoms with E-state index in [1.165, 1.54) is 5.56 Å². The first-order valence-electron chi connectivity index (χ1n) is 5.65. The third-order valence-electron chi connectivity index (χ3n) is 2.63. The molecule has 3 N–H and O–H groups in total. The maximum Gasteiger partial charge on any atom is 0.105 e. The van der Waals surface area contributed by atoms with Gasteiger partial charge in [-0.05, 0) is 52.8 Å². The van der Waals surface area contributed by atoms with Crippen molar-refractivity contribution in [3.05, 3.63) is 23.2 Å². The molecule has 1 heterocycles. The third kappa shape index (κ3) is 3.68. The molecule has 0 amide bonds. The molecule has 1 atom stereocenters. The molecule has 15 heavy (non-hydrogen) atoms. The maximum absolute atomic E-state index is 5.50. The van der Waals surface area contributed by atoms with Crippen molar-refractivity contribution in [2.24, 2.45) is 5.73 Å². The predicted molar refractivity (Wildman–Crippen MR) is 62.9 cm³/mol. The molecule has 1 aromatic rings. The summed E-state index contributed by atoms with van der Waals surface area (Å²) in [6, 6.07) is 2.47. The molecule has 0 aliphatic heterocycles. The maximum atomic E-state index is 5.50. The van der Waals surface area contributed by atoms with E-state index >= 15 is 0 Å². The zero-order chi connectivity index (χ0) is 11.3. The quantitative estimate of drug-likeness (QED) is 0.708. The number of rotatable bonds is 6. The number of hydrogen-bond acceptors (Lipinski definition) is 3. The van der Waals surface area contributed by atoms with Crippen LogP contribution in [0.2, 0.25) is 0 Å². The molecule has 1 unspecified atom stereocenters. The number of aryl methyl sites for hydroxylation is 2. The van der Waals surface area contributed by atoms with Crippen molar-refractivity contribution < 1.29 is 4.42 Å². The molecule has 0 aromatic carbocycles. The number of nitrogens with one attached hydrogen (secondary N) is 1. The lowest BCUT2D eigenvalue weighted by Gasteiger charge is -2.12. The van der Waals surface area contributed by atoms with Gasteiger partial charge in [0.25, 0.3) is 0 Å². The zero-order valence-electron chi connectivity index (χ0n) is 9.97. The minimum Gasteiger partial charge on any atom is -0.466 e. The van der Waals surface area contributed by atoms with E-state index in [2.05, 4.69) is 18.3 Å². The fourth-order valence-corrected chi connectivity index (χ4v) is 1.78. The topological polar surface area (TPSA) is 51.2 Å². The Hall–Kier alpha value is -0.800. The fourth-order valence-electron chi connectivity index (χ4n) is 1.78. The van der Waals surface area contributed by atoms with Gasteiger partial charge in [0.1, 0.15) is 11.5 Å². The van der Waals surface area contributed by atoms with Gasteiger partial charge in [-0.25, -0.2) is 0 Å². The fraction of sp³-hybridized carbons (Fsp3) is 0.667. The summed E-state index contributed by atoms with van der Waals surface area (Å²) >= 11 is 0. The Morgan fingerprint density at radius 2 is 2.13 bits per heavy atom. The van der Waals surface area contributed by atoms with Crippen molar-refractivity contribution in [1.29, 1.82) is 0 Å². The summed E-state index contributed by atoms with van der Waals surface area (Å²) in [5.41, 5.74) is 6.71. The molecule has 0 saturated heterocycles. The van der Waals surface area contributed by atoms with Crippen molar-refractivity contribution in [3.8, 4) is 0 Å². The molecule has 3 nitrogen and oxygen atoms in total. The van der Waals surface area contributed by atoms with Crippen LogP contribution in [0.5, 0.6) is 0 Å². The molecule has 0 aliphatic rings. The van der Waals surface area contributed by atoms with Crippen LogP contribution in [-0.4, -0.2) is 13.1 Å². The van der Waals surface area contributed by atoms with E-state index in [1.807, 2.05) is 13.8 Å². The van der Waals surface area contributed by atoms with E-state index in [0.29, 0.717) is 6.04 Å². The first-order valence-corrected chi connectivity index (χ1v) is 5.65. The van der Waals surface area contributed by atoms with Gasteiger partial charge < -0.3 is 15.5 Å². The summed E-state index contributed by atoms with van der Waals surface area (Å²) in [5, 5.41) is 3.47. The monoisotopic (exact) mass is 210 g/mol. The average molecular weight is 210 g/mol. The molecule has 0 aliphatic carbocycles. The summed E-state index contributed by atoms with van der Waals surface area (Å²) in [6.07, 6.45) is 2.22. The van der Waals surface area contributed by atoms with Crippen LogP contribution >= 0.6 is 0 Å². The number of nitrogens with two attached hydrogens (primary N) is 1. The Balaban J connectivity index is 2.39. The standard InChI is InChI=1S/C12H22N2O/c1-9-8-12(11(3)15-9)10(2)14-7-5-4-6-13/h8,10,14H,4-7,13H2,1-3H3. The number of furan rings is 1. The largest absolute Gasteiger partial charge is 0.466 e. The molecule has 0 spiro atoms. The molecule has 1 rings (SSSR count). The second-order valence-corrected chi connectivity index (χ2v) is 4.04. The van der Waals surface area contributed by atoms with E-state index in [9.17, 15) is 0 Å². The first kappa shape index (κ1) is 12.3. The van der Waals surface area contributed by atoms with E-state index in [-0.39, 0.29) is 0 Å². The van der Waals surface area contributed by atoms with Crippen LogP contribution in [0.4, 0.5) is 0 Å². The van der Waals surface area contributed by atoms with Crippen LogP contribution in [0.1, 0.15) is 42.9 Å². The molecule has 0 radical (unpaired) electrons. The van der Waals surface area contributed by atoms with Crippen LogP contribution in [0.3, 0.4) is 0 Å². The lowest BCUT2D eigenvalue weighted by molar-refractivity contribution is 0.487. The highest BCUT2D eigenvalue weighted by Gasteiger charge is 2.11. The third-order valence-corrected chi connectivity index (χ3v) is 2.63. The second-order valence-electron chi connectivity index (χ2n) is 4.04. The summed E-state index contributed by atoms with van der Waals surface area (Å²) in [7, 11) is 0. The average Bonchev–Trinajstić information content (AvgIpc) is 2.52. The second kappa shape index (κ2) is 5.93. The highest BCUT2D eigenvalue weighted by atomic mass is 16.3. The number of hydrogen-bond donors (Lipinski definition) is 2. The lowest BCUT2D eigenvalue weighted by atomic mass is 10.1. The molecule has 86 valence electrons. The normalized spacial score (nSPS) is 13.1. The van der Waals surface area contributed by atoms with Crippen molar-refractivity contribution in [1.82, 2.24) is 5.32 Å². The Morgan fingerprint density at radius 3 is 2.67 bits per heavy atom. The summed E-state index contributed by atoms with van der Waals surface area (Å²) < 4.78 is 5.50. The molecule has 0 bridgehead atoms. The molecular formula is C12H22N2O. The van der Waals surface area contributed by atoms with Gasteiger partial charge in [0.15, 0.2) is 0 Å². The van der Waals surface area contributed by atoms with Gasteiger partial charge in [-0.3, -0.25) is 0 Å². The van der Waals surface area contributed by atoms with Crippen molar-refractivity contribution in [2.45, 2.75) is 39.7 Å². The van der Waals surface area contributed by atoms with Gasteiger partial charge in [-0.2, -0.15) is 0 Å². The molecule has 1 aromatic heterocycles. The minimum absolute atomic E-state index is 0.361. The van der Waals surface area contributed by atoms with Crippen LogP contribution < -0.4 is 11.1 Å². The van der Waals surface area contributed by atoms with Crippen molar-refractivity contribution >= 4 is 0 Å². The van der Waals surface area contributed by atoms with E-state index in [1.54, 1.807) is 0 Å². The SMILES string of the molecule is Cc1cc(C(C)NCCCCN)c(C)o1. The Kier molecular flexibility index (Phi) is 4.85. The minimum atomic E-state index is 0.361. The summed E-state index contributed by atoms with van der Waals surface area (Å²) in [4.78, 5) is 0. The highest BCUT2D eigenvalue weighted by Crippen LogP contribution is 2.20. The van der Waals surface area contributed by atoms with Gasteiger partial charge in [0.05, 0.1) is 0 Å². The van der Waals surface area contributed by atoms with Crippen LogP contribution in [0.25, 0.3) is 0 Å². The summed E-state index contributed by atoms with van der Waals surface area (Å²) in [6.45, 7) is 7.96. The summed E-state index contributed by atoms with van der Waals surface area (Å²) in [5.74, 6) is 2.00. The van der Waals surface area contributed by atoms with Gasteiger partial charge in [0.2, 0.25) is 0 Å². The molecule has 0 saturated carbocycles. The van der Waals surface area contributed by atoms with Gasteiger partial charge >= 0.3 is 0 Å². The smallest absolute Gasteiger partial charge is 0.105 e. The zero-order valence-corrected chi connectivity index (χ0v) is 9.97. The predicted octanol–water partition coefficient (Wildman–Crippen LogP) is 2.29. The van der Waals surface area contributed by atoms with E-state index < -0.39 is 0 Å². The molecule has 0 fully saturated rings. The molecular weight excluding hydrogens is 188 g/mol. The Morgan fingerprint density at radius 1 is 1.40 bits per heavy atom. The highest BCUT2D eigenvalue weighted by molar-refractivity contribution is 5.23. The van der Waals surface area contributed by atoms with E-state index in [4.69, 9.17) is 10.2 Å². The van der Waals surface area contributed by atoms with E-state index in [0.717, 1.165) is 37.5 Å². The van der Waals surface area contributed by atoms with Crippen LogP contribution in [-0.2, 0) is 0 Å². The Labute approximate surface area is 92.0 Å². The van der Waals surface area contributed by atoms with Gasteiger partial charge in [0, 0.05) is 11.6 Å². The first-order chi connectivity index (χ1) is 7.15. The van der Waals surface area contributed by atoms with Crippen molar-refractivity contribution in [2.75, 3.05) is 13.1 Å². The van der Waals surface area contributed by atoms with Crippen LogP contribution in [0, 0.1) is 13.8 Å². The Bertz CT molecular complexity index is 294.